The molecule has 4 aromatic carbocycles. The Balaban J connectivity index is 1.48. The van der Waals surface area contributed by atoms with E-state index in [9.17, 15) is 9.18 Å². The van der Waals surface area contributed by atoms with Crippen LogP contribution in [0.5, 0.6) is 0 Å². The third kappa shape index (κ3) is 7.51. The van der Waals surface area contributed by atoms with Crippen molar-refractivity contribution >= 4 is 34.4 Å². The molecule has 2 atom stereocenters. The molecule has 1 unspecified atom stereocenters. The summed E-state index contributed by atoms with van der Waals surface area (Å²) in [6.07, 6.45) is 2.28. The number of hydrogen-bond donors (Lipinski definition) is 4. The molecule has 0 aliphatic carbocycles. The number of nitrogens with one attached hydrogen (secondary N) is 4. The molecule has 6 heteroatoms. The number of amides is 2. The van der Waals surface area contributed by atoms with E-state index in [1.165, 1.54) is 18.3 Å². The fourth-order valence-corrected chi connectivity index (χ4v) is 5.48. The van der Waals surface area contributed by atoms with E-state index < -0.39 is 0 Å². The van der Waals surface area contributed by atoms with Crippen molar-refractivity contribution in [1.29, 1.82) is 5.41 Å². The molecule has 0 aromatic heterocycles. The monoisotopic (exact) mass is 552 g/mol. The predicted molar refractivity (Wildman–Crippen MR) is 169 cm³/mol. The second-order valence-corrected chi connectivity index (χ2v) is 11.9. The van der Waals surface area contributed by atoms with Crippen molar-refractivity contribution in [3.8, 4) is 0 Å². The lowest BCUT2D eigenvalue weighted by molar-refractivity contribution is 0.215. The summed E-state index contributed by atoms with van der Waals surface area (Å²) in [5, 5.41) is 19.9. The fraction of sp³-hybridized carbons (Fsp3) is 0.314. The van der Waals surface area contributed by atoms with Gasteiger partial charge in [-0.3, -0.25) is 0 Å². The third-order valence-corrected chi connectivity index (χ3v) is 7.75. The topological polar surface area (TPSA) is 77.0 Å². The van der Waals surface area contributed by atoms with Gasteiger partial charge in [0.15, 0.2) is 0 Å². The summed E-state index contributed by atoms with van der Waals surface area (Å²) in [5.74, 6) is 0.305. The van der Waals surface area contributed by atoms with Gasteiger partial charge in [0.1, 0.15) is 5.82 Å². The minimum absolute atomic E-state index is 0.146. The number of carbonyl (C=O) groups excluding carboxylic acids is 1. The van der Waals surface area contributed by atoms with Crippen LogP contribution >= 0.6 is 0 Å². The molecule has 4 N–H and O–H groups in total. The van der Waals surface area contributed by atoms with Gasteiger partial charge in [-0.25, -0.2) is 9.18 Å². The van der Waals surface area contributed by atoms with Crippen LogP contribution in [-0.4, -0.2) is 18.8 Å². The highest BCUT2D eigenvalue weighted by molar-refractivity contribution is 5.88. The molecule has 0 fully saturated rings. The number of carbonyl (C=O) groups is 1. The summed E-state index contributed by atoms with van der Waals surface area (Å²) in [7, 11) is 0. The number of benzene rings is 4. The van der Waals surface area contributed by atoms with Gasteiger partial charge >= 0.3 is 6.03 Å². The van der Waals surface area contributed by atoms with Crippen molar-refractivity contribution in [2.45, 2.75) is 53.0 Å². The molecule has 0 aliphatic rings. The maximum atomic E-state index is 13.3. The predicted octanol–water partition coefficient (Wildman–Crippen LogP) is 8.94. The van der Waals surface area contributed by atoms with Gasteiger partial charge < -0.3 is 21.4 Å². The molecule has 5 nitrogen and oxygen atoms in total. The summed E-state index contributed by atoms with van der Waals surface area (Å²) in [6.45, 7) is 11.3. The third-order valence-electron chi connectivity index (χ3n) is 7.75. The molecule has 214 valence electrons. The molecule has 0 bridgehead atoms. The Labute approximate surface area is 243 Å². The maximum absolute atomic E-state index is 13.3. The molecule has 0 heterocycles. The van der Waals surface area contributed by atoms with Gasteiger partial charge in [0, 0.05) is 29.7 Å². The van der Waals surface area contributed by atoms with Gasteiger partial charge in [0.2, 0.25) is 0 Å². The second-order valence-electron chi connectivity index (χ2n) is 11.9. The van der Waals surface area contributed by atoms with Crippen LogP contribution in [-0.2, 0) is 0 Å². The number of fused-ring (bicyclic) bond motifs is 1. The van der Waals surface area contributed by atoms with Crippen LogP contribution < -0.4 is 16.0 Å². The molecular weight excluding hydrogens is 511 g/mol. The summed E-state index contributed by atoms with van der Waals surface area (Å²) in [6, 6.07) is 26.3. The molecule has 0 aliphatic heterocycles. The Morgan fingerprint density at radius 1 is 0.951 bits per heavy atom. The quantitative estimate of drug-likeness (QED) is 0.140. The van der Waals surface area contributed by atoms with Crippen molar-refractivity contribution in [3.05, 3.63) is 107 Å². The average molecular weight is 553 g/mol. The molecule has 0 spiro atoms. The van der Waals surface area contributed by atoms with Crippen molar-refractivity contribution in [1.82, 2.24) is 10.6 Å². The molecule has 0 radical (unpaired) electrons. The minimum atomic E-state index is -0.290. The van der Waals surface area contributed by atoms with E-state index in [4.69, 9.17) is 5.41 Å². The highest BCUT2D eigenvalue weighted by atomic mass is 19.1. The maximum Gasteiger partial charge on any atom is 0.315 e. The van der Waals surface area contributed by atoms with E-state index in [1.807, 2.05) is 31.2 Å². The SMILES string of the molecule is CC(C)CC(c1ccc(Nc2ccc(F)cc2)c(C=N)c1)C(C)(C)CNC(=O)N[C@@H](C)c1cccc2ccccc12. The van der Waals surface area contributed by atoms with Gasteiger partial charge in [-0.2, -0.15) is 0 Å². The summed E-state index contributed by atoms with van der Waals surface area (Å²) >= 11 is 0. The van der Waals surface area contributed by atoms with Gasteiger partial charge in [0.05, 0.1) is 6.04 Å². The van der Waals surface area contributed by atoms with Gasteiger partial charge in [-0.05, 0) is 88.9 Å². The lowest BCUT2D eigenvalue weighted by atomic mass is 9.71. The molecule has 41 heavy (non-hydrogen) atoms. The van der Waals surface area contributed by atoms with Crippen LogP contribution in [0.1, 0.15) is 69.7 Å². The van der Waals surface area contributed by atoms with E-state index in [0.29, 0.717) is 12.5 Å². The van der Waals surface area contributed by atoms with Crippen LogP contribution in [0.4, 0.5) is 20.6 Å². The van der Waals surface area contributed by atoms with E-state index in [0.717, 1.165) is 45.3 Å². The Hall–Kier alpha value is -4.19. The number of anilines is 2. The molecule has 4 aromatic rings. The first-order valence-electron chi connectivity index (χ1n) is 14.3. The Kier molecular flexibility index (Phi) is 9.43. The van der Waals surface area contributed by atoms with E-state index >= 15 is 0 Å². The van der Waals surface area contributed by atoms with E-state index in [-0.39, 0.29) is 29.2 Å². The first kappa shape index (κ1) is 29.8. The van der Waals surface area contributed by atoms with Crippen LogP contribution in [0.25, 0.3) is 10.8 Å². The number of urea groups is 1. The highest BCUT2D eigenvalue weighted by Crippen LogP contribution is 2.41. The molecule has 2 amide bonds. The number of rotatable bonds is 11. The van der Waals surface area contributed by atoms with Crippen LogP contribution in [0.15, 0.2) is 84.9 Å². The highest BCUT2D eigenvalue weighted by Gasteiger charge is 2.32. The summed E-state index contributed by atoms with van der Waals surface area (Å²) in [5.41, 5.74) is 4.26. The van der Waals surface area contributed by atoms with Gasteiger partial charge in [0.25, 0.3) is 0 Å². The van der Waals surface area contributed by atoms with Gasteiger partial charge in [-0.15, -0.1) is 0 Å². The summed E-state index contributed by atoms with van der Waals surface area (Å²) < 4.78 is 13.3. The average Bonchev–Trinajstić information content (AvgIpc) is 2.96. The van der Waals surface area contributed by atoms with Crippen molar-refractivity contribution in [3.63, 3.8) is 0 Å². The van der Waals surface area contributed by atoms with Crippen LogP contribution in [0, 0.1) is 22.6 Å². The first-order chi connectivity index (χ1) is 19.6. The molecular formula is C35H41FN4O. The molecule has 0 saturated carbocycles. The molecule has 0 saturated heterocycles. The van der Waals surface area contributed by atoms with Crippen LogP contribution in [0.2, 0.25) is 0 Å². The Morgan fingerprint density at radius 2 is 1.66 bits per heavy atom. The standard InChI is InChI=1S/C35H41FN4O/c1-23(2)19-32(26-13-18-33(27(20-26)21-37)40-29-16-14-28(36)15-17-29)35(4,5)22-38-34(41)39-24(3)30-12-8-10-25-9-6-7-11-31(25)30/h6-18,20-21,23-24,32,37,40H,19,22H2,1-5H3,(H2,38,39,41)/t24-,32?/m0/s1. The zero-order chi connectivity index (χ0) is 29.6. The number of halogens is 1. The smallest absolute Gasteiger partial charge is 0.315 e. The zero-order valence-corrected chi connectivity index (χ0v) is 24.6. The van der Waals surface area contributed by atoms with Crippen molar-refractivity contribution in [2.75, 3.05) is 11.9 Å². The van der Waals surface area contributed by atoms with Gasteiger partial charge in [-0.1, -0.05) is 76.2 Å². The molecule has 4 rings (SSSR count). The van der Waals surface area contributed by atoms with Crippen LogP contribution in [0.3, 0.4) is 0 Å². The fourth-order valence-electron chi connectivity index (χ4n) is 5.48. The minimum Gasteiger partial charge on any atom is -0.355 e. The first-order valence-corrected chi connectivity index (χ1v) is 14.3. The summed E-state index contributed by atoms with van der Waals surface area (Å²) in [4.78, 5) is 13.0. The largest absolute Gasteiger partial charge is 0.355 e. The lowest BCUT2D eigenvalue weighted by Crippen LogP contribution is -2.43. The van der Waals surface area contributed by atoms with E-state index in [2.05, 4.69) is 80.0 Å². The number of hydrogen-bond acceptors (Lipinski definition) is 3. The zero-order valence-electron chi connectivity index (χ0n) is 24.6. The second kappa shape index (κ2) is 13.0. The Bertz CT molecular complexity index is 1490. The van der Waals surface area contributed by atoms with Crippen molar-refractivity contribution in [2.24, 2.45) is 11.3 Å². The van der Waals surface area contributed by atoms with E-state index in [1.54, 1.807) is 12.1 Å². The lowest BCUT2D eigenvalue weighted by Gasteiger charge is -2.36. The Morgan fingerprint density at radius 3 is 2.37 bits per heavy atom. The normalized spacial score (nSPS) is 13.0. The van der Waals surface area contributed by atoms with Crippen molar-refractivity contribution < 1.29 is 9.18 Å².